The van der Waals surface area contributed by atoms with Gasteiger partial charge < -0.3 is 9.84 Å². The van der Waals surface area contributed by atoms with Gasteiger partial charge >= 0.3 is 0 Å². The number of nitrogens with zero attached hydrogens (tertiary/aromatic N) is 3. The number of allylic oxidation sites excluding steroid dienone is 1. The molecule has 1 saturated carbocycles. The summed E-state index contributed by atoms with van der Waals surface area (Å²) in [6.07, 6.45) is 9.38. The number of para-hydroxylation sites is 1. The van der Waals surface area contributed by atoms with Crippen LogP contribution in [0.1, 0.15) is 61.9 Å². The van der Waals surface area contributed by atoms with E-state index in [0.29, 0.717) is 35.2 Å². The molecule has 0 bridgehead atoms. The van der Waals surface area contributed by atoms with Gasteiger partial charge in [-0.05, 0) is 56.0 Å². The molecule has 0 unspecified atom stereocenters. The van der Waals surface area contributed by atoms with Gasteiger partial charge in [0, 0.05) is 11.5 Å². The first-order valence-electron chi connectivity index (χ1n) is 11.3. The molecule has 1 heterocycles. The van der Waals surface area contributed by atoms with E-state index < -0.39 is 0 Å². The first-order chi connectivity index (χ1) is 15.6. The Morgan fingerprint density at radius 3 is 2.78 bits per heavy atom. The van der Waals surface area contributed by atoms with Crippen LogP contribution in [0.2, 0.25) is 0 Å². The Kier molecular flexibility index (Phi) is 6.69. The molecule has 6 nitrogen and oxygen atoms in total. The average Bonchev–Trinajstić information content (AvgIpc) is 2.82. The molecule has 1 aliphatic rings. The second kappa shape index (κ2) is 9.81. The maximum Gasteiger partial charge on any atom is 0.282 e. The van der Waals surface area contributed by atoms with Crippen molar-refractivity contribution in [3.63, 3.8) is 0 Å². The highest BCUT2D eigenvalue weighted by molar-refractivity contribution is 5.82. The number of benzene rings is 2. The zero-order valence-corrected chi connectivity index (χ0v) is 18.5. The van der Waals surface area contributed by atoms with E-state index in [1.54, 1.807) is 24.4 Å². The molecule has 6 heteroatoms. The van der Waals surface area contributed by atoms with Crippen LogP contribution in [0.25, 0.3) is 10.9 Å². The van der Waals surface area contributed by atoms with Crippen molar-refractivity contribution in [3.8, 4) is 11.5 Å². The lowest BCUT2D eigenvalue weighted by molar-refractivity contribution is 0.317. The fourth-order valence-corrected chi connectivity index (χ4v) is 4.34. The average molecular weight is 432 g/mol. The van der Waals surface area contributed by atoms with Crippen molar-refractivity contribution in [1.82, 2.24) is 9.66 Å². The van der Waals surface area contributed by atoms with Gasteiger partial charge in [-0.2, -0.15) is 9.78 Å². The lowest BCUT2D eigenvalue weighted by Crippen LogP contribution is -2.25. The summed E-state index contributed by atoms with van der Waals surface area (Å²) in [5.41, 5.74) is 1.98. The zero-order chi connectivity index (χ0) is 22.5. The molecule has 3 aromatic rings. The van der Waals surface area contributed by atoms with E-state index in [-0.39, 0.29) is 17.2 Å². The monoisotopic (exact) mass is 431 g/mol. The van der Waals surface area contributed by atoms with Crippen LogP contribution in [-0.2, 0) is 6.42 Å². The third-order valence-electron chi connectivity index (χ3n) is 5.91. The van der Waals surface area contributed by atoms with Gasteiger partial charge in [-0.1, -0.05) is 37.5 Å². The van der Waals surface area contributed by atoms with Crippen molar-refractivity contribution in [1.29, 1.82) is 0 Å². The van der Waals surface area contributed by atoms with Crippen molar-refractivity contribution in [2.45, 2.75) is 51.4 Å². The first kappa shape index (κ1) is 21.8. The Hall–Kier alpha value is -3.41. The van der Waals surface area contributed by atoms with E-state index in [1.807, 2.05) is 31.2 Å². The fraction of sp³-hybridized carbons (Fsp3) is 0.346. The van der Waals surface area contributed by atoms with E-state index in [4.69, 9.17) is 9.72 Å². The molecule has 1 N–H and O–H groups in total. The summed E-state index contributed by atoms with van der Waals surface area (Å²) in [5.74, 6) is 1.44. The van der Waals surface area contributed by atoms with Gasteiger partial charge in [-0.3, -0.25) is 4.79 Å². The summed E-state index contributed by atoms with van der Waals surface area (Å²) < 4.78 is 7.05. The number of fused-ring (bicyclic) bond motifs is 1. The summed E-state index contributed by atoms with van der Waals surface area (Å²) in [6, 6.07) is 11.0. The number of aromatic hydroxyl groups is 1. The molecule has 1 fully saturated rings. The van der Waals surface area contributed by atoms with Gasteiger partial charge in [0.15, 0.2) is 11.5 Å². The van der Waals surface area contributed by atoms with Gasteiger partial charge in [0.2, 0.25) is 0 Å². The lowest BCUT2D eigenvalue weighted by atomic mass is 9.88. The van der Waals surface area contributed by atoms with Crippen LogP contribution < -0.4 is 10.3 Å². The van der Waals surface area contributed by atoms with Gasteiger partial charge in [-0.25, -0.2) is 4.98 Å². The van der Waals surface area contributed by atoms with Gasteiger partial charge in [0.25, 0.3) is 5.56 Å². The number of rotatable bonds is 7. The highest BCUT2D eigenvalue weighted by Crippen LogP contribution is 2.33. The maximum atomic E-state index is 13.3. The van der Waals surface area contributed by atoms with E-state index in [9.17, 15) is 9.90 Å². The van der Waals surface area contributed by atoms with Crippen LogP contribution >= 0.6 is 0 Å². The smallest absolute Gasteiger partial charge is 0.282 e. The number of aromatic nitrogens is 2. The number of hydrogen-bond acceptors (Lipinski definition) is 5. The molecule has 1 aliphatic carbocycles. The molecule has 0 aliphatic heterocycles. The van der Waals surface area contributed by atoms with Gasteiger partial charge in [-0.15, -0.1) is 6.58 Å². The number of phenolic OH excluding ortho intramolecular Hbond substituents is 1. The molecule has 0 spiro atoms. The Bertz CT molecular complexity index is 1210. The lowest BCUT2D eigenvalue weighted by Gasteiger charge is -2.22. The third kappa shape index (κ3) is 4.44. The maximum absolute atomic E-state index is 13.3. The molecule has 32 heavy (non-hydrogen) atoms. The van der Waals surface area contributed by atoms with Crippen molar-refractivity contribution < 1.29 is 9.84 Å². The summed E-state index contributed by atoms with van der Waals surface area (Å²) in [7, 11) is 0. The Morgan fingerprint density at radius 2 is 2.03 bits per heavy atom. The van der Waals surface area contributed by atoms with Crippen LogP contribution in [0.5, 0.6) is 11.5 Å². The van der Waals surface area contributed by atoms with Crippen molar-refractivity contribution in [2.75, 3.05) is 6.61 Å². The minimum Gasteiger partial charge on any atom is -0.504 e. The van der Waals surface area contributed by atoms with Crippen LogP contribution in [0.3, 0.4) is 0 Å². The molecule has 2 aromatic carbocycles. The second-order valence-electron chi connectivity index (χ2n) is 8.14. The normalized spacial score (nSPS) is 14.8. The van der Waals surface area contributed by atoms with Crippen molar-refractivity contribution in [3.05, 3.63) is 76.4 Å². The minimum absolute atomic E-state index is 0.108. The van der Waals surface area contributed by atoms with Gasteiger partial charge in [0.1, 0.15) is 5.82 Å². The molecule has 166 valence electrons. The Balaban J connectivity index is 1.82. The van der Waals surface area contributed by atoms with Crippen LogP contribution in [-0.4, -0.2) is 27.6 Å². The highest BCUT2D eigenvalue weighted by Gasteiger charge is 2.22. The summed E-state index contributed by atoms with van der Waals surface area (Å²) >= 11 is 0. The fourth-order valence-electron chi connectivity index (χ4n) is 4.34. The molecule has 1 aromatic heterocycles. The first-order valence-corrected chi connectivity index (χ1v) is 11.3. The standard InChI is InChI=1S/C26H29N3O3/c1-3-10-20-15-18(16-23(24(20)30)32-4-2)17-27-29-25(19-11-6-5-7-12-19)28-22-14-9-8-13-21(22)26(29)31/h3,8-9,13-17,19,30H,1,4-7,10-12H2,2H3. The van der Waals surface area contributed by atoms with Crippen molar-refractivity contribution in [2.24, 2.45) is 5.10 Å². The largest absolute Gasteiger partial charge is 0.504 e. The van der Waals surface area contributed by atoms with Crippen LogP contribution in [0, 0.1) is 0 Å². The SMILES string of the molecule is C=CCc1cc(C=Nn2c(C3CCCCC3)nc3ccccc3c2=O)cc(OCC)c1O. The Labute approximate surface area is 187 Å². The molecule has 0 atom stereocenters. The molecule has 0 amide bonds. The Morgan fingerprint density at radius 1 is 1.25 bits per heavy atom. The molecule has 0 saturated heterocycles. The molecule has 0 radical (unpaired) electrons. The van der Waals surface area contributed by atoms with Crippen molar-refractivity contribution >= 4 is 17.1 Å². The summed E-state index contributed by atoms with van der Waals surface area (Å²) in [5, 5.41) is 15.6. The summed E-state index contributed by atoms with van der Waals surface area (Å²) in [4.78, 5) is 18.2. The zero-order valence-electron chi connectivity index (χ0n) is 18.5. The third-order valence-corrected chi connectivity index (χ3v) is 5.91. The quantitative estimate of drug-likeness (QED) is 0.414. The second-order valence-corrected chi connectivity index (χ2v) is 8.14. The van der Waals surface area contributed by atoms with E-state index in [0.717, 1.165) is 37.1 Å². The molecular formula is C26H29N3O3. The van der Waals surface area contributed by atoms with E-state index >= 15 is 0 Å². The number of hydrogen-bond donors (Lipinski definition) is 1. The number of ether oxygens (including phenoxy) is 1. The van der Waals surface area contributed by atoms with E-state index in [1.165, 1.54) is 11.1 Å². The minimum atomic E-state index is -0.164. The molecule has 4 rings (SSSR count). The van der Waals surface area contributed by atoms with Gasteiger partial charge in [0.05, 0.1) is 23.7 Å². The number of phenols is 1. The topological polar surface area (TPSA) is 76.7 Å². The molecular weight excluding hydrogens is 402 g/mol. The van der Waals surface area contributed by atoms with E-state index in [2.05, 4.69) is 11.7 Å². The highest BCUT2D eigenvalue weighted by atomic mass is 16.5. The predicted octanol–water partition coefficient (Wildman–Crippen LogP) is 5.16. The van der Waals surface area contributed by atoms with Crippen LogP contribution in [0.15, 0.2) is 58.9 Å². The summed E-state index contributed by atoms with van der Waals surface area (Å²) in [6.45, 7) is 6.06. The predicted molar refractivity (Wildman–Crippen MR) is 128 cm³/mol. The van der Waals surface area contributed by atoms with Crippen LogP contribution in [0.4, 0.5) is 0 Å².